The standard InChI is InChI=1S/C11H13FN2/c1-7(2)11(14)8-3-4-10(12)9(5-8)6-13/h3-5,7,11H,14H2,1-2H3/t11-/m1/s1. The minimum Gasteiger partial charge on any atom is -0.324 e. The van der Waals surface area contributed by atoms with Crippen molar-refractivity contribution in [3.63, 3.8) is 0 Å². The van der Waals surface area contributed by atoms with Crippen LogP contribution in [-0.2, 0) is 0 Å². The van der Waals surface area contributed by atoms with Crippen LogP contribution in [0.3, 0.4) is 0 Å². The van der Waals surface area contributed by atoms with Crippen molar-refractivity contribution in [1.82, 2.24) is 0 Å². The molecule has 1 rings (SSSR count). The summed E-state index contributed by atoms with van der Waals surface area (Å²) >= 11 is 0. The van der Waals surface area contributed by atoms with Crippen LogP contribution in [0.1, 0.15) is 31.0 Å². The van der Waals surface area contributed by atoms with Gasteiger partial charge in [-0.1, -0.05) is 19.9 Å². The number of halogens is 1. The Bertz CT molecular complexity index is 366. The fourth-order valence-electron chi connectivity index (χ4n) is 1.22. The molecule has 3 heteroatoms. The number of nitrogens with two attached hydrogens (primary N) is 1. The molecule has 0 radical (unpaired) electrons. The van der Waals surface area contributed by atoms with E-state index in [0.29, 0.717) is 0 Å². The lowest BCUT2D eigenvalue weighted by molar-refractivity contribution is 0.512. The Morgan fingerprint density at radius 1 is 1.43 bits per heavy atom. The summed E-state index contributed by atoms with van der Waals surface area (Å²) in [6.45, 7) is 3.97. The largest absolute Gasteiger partial charge is 0.324 e. The molecule has 74 valence electrons. The first-order valence-corrected chi connectivity index (χ1v) is 4.51. The maximum atomic E-state index is 13.0. The Balaban J connectivity index is 3.08. The molecule has 0 aliphatic rings. The lowest BCUT2D eigenvalue weighted by Gasteiger charge is -2.16. The van der Waals surface area contributed by atoms with E-state index in [-0.39, 0.29) is 17.5 Å². The van der Waals surface area contributed by atoms with Crippen molar-refractivity contribution < 1.29 is 4.39 Å². The number of benzene rings is 1. The van der Waals surface area contributed by atoms with Crippen molar-refractivity contribution in [3.8, 4) is 6.07 Å². The highest BCUT2D eigenvalue weighted by Gasteiger charge is 2.12. The van der Waals surface area contributed by atoms with Crippen molar-refractivity contribution in [2.24, 2.45) is 11.7 Å². The fourth-order valence-corrected chi connectivity index (χ4v) is 1.22. The van der Waals surface area contributed by atoms with Crippen molar-refractivity contribution in [2.75, 3.05) is 0 Å². The molecule has 14 heavy (non-hydrogen) atoms. The van der Waals surface area contributed by atoms with Gasteiger partial charge in [0.1, 0.15) is 11.9 Å². The van der Waals surface area contributed by atoms with Gasteiger partial charge in [0, 0.05) is 6.04 Å². The van der Waals surface area contributed by atoms with E-state index in [0.717, 1.165) is 5.56 Å². The number of nitrogens with zero attached hydrogens (tertiary/aromatic N) is 1. The van der Waals surface area contributed by atoms with Crippen molar-refractivity contribution in [3.05, 3.63) is 35.1 Å². The maximum absolute atomic E-state index is 13.0. The molecule has 1 aromatic carbocycles. The highest BCUT2D eigenvalue weighted by molar-refractivity contribution is 5.35. The third-order valence-corrected chi connectivity index (χ3v) is 2.21. The molecule has 0 amide bonds. The molecule has 2 N–H and O–H groups in total. The fraction of sp³-hybridized carbons (Fsp3) is 0.364. The summed E-state index contributed by atoms with van der Waals surface area (Å²) < 4.78 is 13.0. The number of hydrogen-bond donors (Lipinski definition) is 1. The molecule has 1 atom stereocenters. The Morgan fingerprint density at radius 3 is 2.57 bits per heavy atom. The molecular formula is C11H13FN2. The van der Waals surface area contributed by atoms with Crippen molar-refractivity contribution in [2.45, 2.75) is 19.9 Å². The van der Waals surface area contributed by atoms with Gasteiger partial charge >= 0.3 is 0 Å². The van der Waals surface area contributed by atoms with Crippen LogP contribution in [0.15, 0.2) is 18.2 Å². The zero-order valence-corrected chi connectivity index (χ0v) is 8.29. The van der Waals surface area contributed by atoms with Crippen LogP contribution < -0.4 is 5.73 Å². The van der Waals surface area contributed by atoms with Gasteiger partial charge in [-0.25, -0.2) is 4.39 Å². The lowest BCUT2D eigenvalue weighted by Crippen LogP contribution is -2.16. The molecule has 0 aliphatic carbocycles. The maximum Gasteiger partial charge on any atom is 0.140 e. The molecule has 2 nitrogen and oxygen atoms in total. The number of rotatable bonds is 2. The van der Waals surface area contributed by atoms with Gasteiger partial charge < -0.3 is 5.73 Å². The highest BCUT2D eigenvalue weighted by atomic mass is 19.1. The first-order chi connectivity index (χ1) is 6.56. The second-order valence-corrected chi connectivity index (χ2v) is 3.62. The van der Waals surface area contributed by atoms with Gasteiger partial charge in [0.25, 0.3) is 0 Å². The van der Waals surface area contributed by atoms with E-state index in [4.69, 9.17) is 11.0 Å². The van der Waals surface area contributed by atoms with Crippen molar-refractivity contribution in [1.29, 1.82) is 5.26 Å². The molecule has 0 aromatic heterocycles. The van der Waals surface area contributed by atoms with Crippen LogP contribution >= 0.6 is 0 Å². The highest BCUT2D eigenvalue weighted by Crippen LogP contribution is 2.20. The van der Waals surface area contributed by atoms with Gasteiger partial charge in [-0.2, -0.15) is 5.26 Å². The summed E-state index contributed by atoms with van der Waals surface area (Å²) in [5.41, 5.74) is 6.74. The van der Waals surface area contributed by atoms with Crippen LogP contribution in [0.5, 0.6) is 0 Å². The summed E-state index contributed by atoms with van der Waals surface area (Å²) in [6, 6.07) is 6.08. The SMILES string of the molecule is CC(C)[C@@H](N)c1ccc(F)c(C#N)c1. The average Bonchev–Trinajstić information content (AvgIpc) is 2.17. The van der Waals surface area contributed by atoms with E-state index in [1.807, 2.05) is 13.8 Å². The minimum atomic E-state index is -0.493. The van der Waals surface area contributed by atoms with Crippen LogP contribution in [0, 0.1) is 23.1 Å². The van der Waals surface area contributed by atoms with Gasteiger partial charge in [0.2, 0.25) is 0 Å². The molecule has 0 saturated carbocycles. The quantitative estimate of drug-likeness (QED) is 0.781. The third-order valence-electron chi connectivity index (χ3n) is 2.21. The average molecular weight is 192 g/mol. The van der Waals surface area contributed by atoms with Crippen LogP contribution in [-0.4, -0.2) is 0 Å². The lowest BCUT2D eigenvalue weighted by atomic mass is 9.96. The second-order valence-electron chi connectivity index (χ2n) is 3.62. The molecule has 1 aromatic rings. The zero-order valence-electron chi connectivity index (χ0n) is 8.29. The second kappa shape index (κ2) is 4.21. The topological polar surface area (TPSA) is 49.8 Å². The Hall–Kier alpha value is -1.40. The Labute approximate surface area is 83.2 Å². The zero-order chi connectivity index (χ0) is 10.7. The van der Waals surface area contributed by atoms with E-state index in [2.05, 4.69) is 0 Å². The van der Waals surface area contributed by atoms with Gasteiger partial charge in [0.15, 0.2) is 0 Å². The monoisotopic (exact) mass is 192 g/mol. The molecule has 0 unspecified atom stereocenters. The predicted molar refractivity (Wildman–Crippen MR) is 52.9 cm³/mol. The smallest absolute Gasteiger partial charge is 0.140 e. The van der Waals surface area contributed by atoms with Crippen LogP contribution in [0.4, 0.5) is 4.39 Å². The molecule has 0 bridgehead atoms. The first kappa shape index (κ1) is 10.7. The molecule has 0 heterocycles. The molecule has 0 aliphatic heterocycles. The molecular weight excluding hydrogens is 179 g/mol. The molecule has 0 saturated heterocycles. The summed E-state index contributed by atoms with van der Waals surface area (Å²) in [6.07, 6.45) is 0. The summed E-state index contributed by atoms with van der Waals surface area (Å²) in [5, 5.41) is 8.63. The van der Waals surface area contributed by atoms with Gasteiger partial charge in [-0.15, -0.1) is 0 Å². The van der Waals surface area contributed by atoms with Crippen LogP contribution in [0.25, 0.3) is 0 Å². The molecule has 0 fully saturated rings. The van der Waals surface area contributed by atoms with Crippen molar-refractivity contribution >= 4 is 0 Å². The normalized spacial score (nSPS) is 12.6. The van der Waals surface area contributed by atoms with Gasteiger partial charge in [-0.05, 0) is 23.6 Å². The summed E-state index contributed by atoms with van der Waals surface area (Å²) in [5.74, 6) is -0.223. The summed E-state index contributed by atoms with van der Waals surface area (Å²) in [4.78, 5) is 0. The summed E-state index contributed by atoms with van der Waals surface area (Å²) in [7, 11) is 0. The predicted octanol–water partition coefficient (Wildman–Crippen LogP) is 2.35. The first-order valence-electron chi connectivity index (χ1n) is 4.51. The minimum absolute atomic E-state index is 0.0543. The number of nitriles is 1. The number of hydrogen-bond acceptors (Lipinski definition) is 2. The Morgan fingerprint density at radius 2 is 2.07 bits per heavy atom. The van der Waals surface area contributed by atoms with E-state index < -0.39 is 5.82 Å². The third kappa shape index (κ3) is 2.09. The van der Waals surface area contributed by atoms with E-state index in [1.54, 1.807) is 12.1 Å². The van der Waals surface area contributed by atoms with E-state index in [1.165, 1.54) is 12.1 Å². The van der Waals surface area contributed by atoms with E-state index >= 15 is 0 Å². The Kier molecular flexibility index (Phi) is 3.21. The van der Waals surface area contributed by atoms with Gasteiger partial charge in [0.05, 0.1) is 5.56 Å². The van der Waals surface area contributed by atoms with Gasteiger partial charge in [-0.3, -0.25) is 0 Å². The van der Waals surface area contributed by atoms with E-state index in [9.17, 15) is 4.39 Å². The van der Waals surface area contributed by atoms with Crippen LogP contribution in [0.2, 0.25) is 0 Å². The molecule has 0 spiro atoms.